The molecule has 0 spiro atoms. The number of benzene rings is 2. The topological polar surface area (TPSA) is 60.5 Å². The molecule has 5 nitrogen and oxygen atoms in total. The minimum Gasteiger partial charge on any atom is -0.481 e. The summed E-state index contributed by atoms with van der Waals surface area (Å²) < 4.78 is 10.7. The number of hydrogen-bond acceptors (Lipinski definition) is 4. The summed E-state index contributed by atoms with van der Waals surface area (Å²) in [6.45, 7) is 0. The van der Waals surface area contributed by atoms with E-state index in [1.165, 1.54) is 11.1 Å². The Balaban J connectivity index is 1.69. The van der Waals surface area contributed by atoms with Gasteiger partial charge in [-0.15, -0.1) is 0 Å². The van der Waals surface area contributed by atoms with Gasteiger partial charge >= 0.3 is 6.09 Å². The van der Waals surface area contributed by atoms with E-state index in [9.17, 15) is 4.79 Å². The van der Waals surface area contributed by atoms with Gasteiger partial charge in [-0.05, 0) is 54.2 Å². The molecule has 27 heavy (non-hydrogen) atoms. The molecule has 1 aromatic heterocycles. The molecule has 0 bridgehead atoms. The minimum atomic E-state index is -0.497. The van der Waals surface area contributed by atoms with Crippen LogP contribution in [0.4, 0.5) is 10.5 Å². The molecule has 4 rings (SSSR count). The van der Waals surface area contributed by atoms with E-state index >= 15 is 0 Å². The van der Waals surface area contributed by atoms with Gasteiger partial charge in [-0.3, -0.25) is 5.32 Å². The summed E-state index contributed by atoms with van der Waals surface area (Å²) in [7, 11) is 1.59. The normalized spacial score (nSPS) is 12.3. The highest BCUT2D eigenvalue weighted by atomic mass is 16.6. The third kappa shape index (κ3) is 3.62. The number of fused-ring (bicyclic) bond motifs is 1. The second kappa shape index (κ2) is 7.50. The first-order chi connectivity index (χ1) is 13.2. The Bertz CT molecular complexity index is 971. The first-order valence-corrected chi connectivity index (χ1v) is 8.93. The van der Waals surface area contributed by atoms with Gasteiger partial charge in [0.25, 0.3) is 0 Å². The summed E-state index contributed by atoms with van der Waals surface area (Å²) in [6.07, 6.45) is 4.25. The van der Waals surface area contributed by atoms with Crippen molar-refractivity contribution in [1.82, 2.24) is 4.98 Å². The van der Waals surface area contributed by atoms with Crippen molar-refractivity contribution in [3.05, 3.63) is 71.9 Å². The average molecular weight is 360 g/mol. The number of pyridine rings is 1. The Morgan fingerprint density at radius 2 is 1.93 bits per heavy atom. The van der Waals surface area contributed by atoms with Gasteiger partial charge in [0.15, 0.2) is 0 Å². The Hall–Kier alpha value is -3.34. The van der Waals surface area contributed by atoms with Gasteiger partial charge in [0.05, 0.1) is 12.8 Å². The van der Waals surface area contributed by atoms with Gasteiger partial charge in [-0.1, -0.05) is 30.3 Å². The first-order valence-electron chi connectivity index (χ1n) is 8.93. The molecular formula is C22H20N2O3. The molecule has 0 aliphatic heterocycles. The lowest BCUT2D eigenvalue weighted by Crippen LogP contribution is -2.18. The third-order valence-electron chi connectivity index (χ3n) is 4.72. The number of nitrogens with zero attached hydrogens (tertiary/aromatic N) is 1. The number of methoxy groups -OCH3 is 1. The number of aryl methyl sites for hydroxylation is 1. The van der Waals surface area contributed by atoms with Gasteiger partial charge in [-0.2, -0.15) is 0 Å². The fourth-order valence-corrected chi connectivity index (χ4v) is 3.46. The van der Waals surface area contributed by atoms with Gasteiger partial charge in [0, 0.05) is 17.8 Å². The van der Waals surface area contributed by atoms with Crippen molar-refractivity contribution in [3.8, 4) is 22.8 Å². The summed E-state index contributed by atoms with van der Waals surface area (Å²) in [5.41, 5.74) is 5.12. The predicted octanol–water partition coefficient (Wildman–Crippen LogP) is 4.86. The van der Waals surface area contributed by atoms with Crippen molar-refractivity contribution in [1.29, 1.82) is 0 Å². The van der Waals surface area contributed by atoms with Crippen molar-refractivity contribution in [3.63, 3.8) is 0 Å². The lowest BCUT2D eigenvalue weighted by atomic mass is 9.98. The number of para-hydroxylation sites is 1. The highest BCUT2D eigenvalue weighted by molar-refractivity contribution is 5.94. The molecule has 0 radical (unpaired) electrons. The van der Waals surface area contributed by atoms with E-state index in [0.717, 1.165) is 36.1 Å². The molecule has 0 atom stereocenters. The molecule has 136 valence electrons. The van der Waals surface area contributed by atoms with Crippen molar-refractivity contribution in [2.24, 2.45) is 0 Å². The summed E-state index contributed by atoms with van der Waals surface area (Å²) in [4.78, 5) is 16.7. The molecule has 5 heteroatoms. The van der Waals surface area contributed by atoms with Crippen LogP contribution < -0.4 is 14.8 Å². The number of carbonyl (C=O) groups is 1. The predicted molar refractivity (Wildman–Crippen MR) is 104 cm³/mol. The number of amides is 1. The number of hydrogen-bond donors (Lipinski definition) is 1. The molecule has 0 unspecified atom stereocenters. The van der Waals surface area contributed by atoms with Crippen LogP contribution in [0.2, 0.25) is 0 Å². The Morgan fingerprint density at radius 1 is 1.07 bits per heavy atom. The zero-order valence-electron chi connectivity index (χ0n) is 15.1. The fraction of sp³-hybridized carbons (Fsp3) is 0.182. The lowest BCUT2D eigenvalue weighted by molar-refractivity contribution is 0.215. The zero-order chi connectivity index (χ0) is 18.6. The second-order valence-corrected chi connectivity index (χ2v) is 6.39. The highest BCUT2D eigenvalue weighted by Gasteiger charge is 2.21. The number of nitrogens with one attached hydrogen (secondary N) is 1. The Kier molecular flexibility index (Phi) is 4.75. The number of anilines is 1. The van der Waals surface area contributed by atoms with E-state index in [4.69, 9.17) is 9.47 Å². The van der Waals surface area contributed by atoms with Crippen LogP contribution in [0.25, 0.3) is 11.1 Å². The van der Waals surface area contributed by atoms with Gasteiger partial charge < -0.3 is 9.47 Å². The Labute approximate surface area is 158 Å². The molecule has 1 heterocycles. The van der Waals surface area contributed by atoms with Crippen molar-refractivity contribution < 1.29 is 14.3 Å². The van der Waals surface area contributed by atoms with Crippen LogP contribution in [0.5, 0.6) is 11.6 Å². The maximum Gasteiger partial charge on any atom is 0.417 e. The molecule has 0 saturated carbocycles. The number of rotatable bonds is 4. The first kappa shape index (κ1) is 17.1. The minimum absolute atomic E-state index is 0.497. The van der Waals surface area contributed by atoms with Crippen LogP contribution >= 0.6 is 0 Å². The zero-order valence-corrected chi connectivity index (χ0v) is 15.1. The Morgan fingerprint density at radius 3 is 2.74 bits per heavy atom. The SMILES string of the molecule is COc1cc(-c2ccc3c(c2NC(=O)Oc2ccccc2)CCC3)ccn1. The van der Waals surface area contributed by atoms with Crippen LogP contribution in [-0.2, 0) is 12.8 Å². The molecule has 0 fully saturated rings. The quantitative estimate of drug-likeness (QED) is 0.722. The fourth-order valence-electron chi connectivity index (χ4n) is 3.46. The third-order valence-corrected chi connectivity index (χ3v) is 4.72. The molecule has 1 N–H and O–H groups in total. The van der Waals surface area contributed by atoms with E-state index < -0.39 is 6.09 Å². The summed E-state index contributed by atoms with van der Waals surface area (Å²) in [6, 6.07) is 17.0. The summed E-state index contributed by atoms with van der Waals surface area (Å²) in [5, 5.41) is 2.97. The molecule has 0 saturated heterocycles. The largest absolute Gasteiger partial charge is 0.481 e. The average Bonchev–Trinajstić information content (AvgIpc) is 3.18. The molecule has 1 aliphatic rings. The highest BCUT2D eigenvalue weighted by Crippen LogP contribution is 2.38. The van der Waals surface area contributed by atoms with Crippen LogP contribution in [0.15, 0.2) is 60.8 Å². The standard InChI is InChI=1S/C22H20N2O3/c1-26-20-14-16(12-13-23-20)19-11-10-15-6-5-9-18(15)21(19)24-22(25)27-17-7-3-2-4-8-17/h2-4,7-8,10-14H,5-6,9H2,1H3,(H,24,25). The molecule has 3 aromatic rings. The maximum absolute atomic E-state index is 12.5. The van der Waals surface area contributed by atoms with Crippen LogP contribution in [0.1, 0.15) is 17.5 Å². The monoisotopic (exact) mass is 360 g/mol. The van der Waals surface area contributed by atoms with E-state index in [1.54, 1.807) is 25.4 Å². The van der Waals surface area contributed by atoms with Crippen molar-refractivity contribution in [2.45, 2.75) is 19.3 Å². The van der Waals surface area contributed by atoms with Crippen LogP contribution in [0, 0.1) is 0 Å². The van der Waals surface area contributed by atoms with Gasteiger partial charge in [0.2, 0.25) is 5.88 Å². The summed E-state index contributed by atoms with van der Waals surface area (Å²) >= 11 is 0. The maximum atomic E-state index is 12.5. The van der Waals surface area contributed by atoms with Crippen LogP contribution in [0.3, 0.4) is 0 Å². The molecular weight excluding hydrogens is 340 g/mol. The molecule has 1 amide bonds. The van der Waals surface area contributed by atoms with Crippen molar-refractivity contribution in [2.75, 3.05) is 12.4 Å². The van der Waals surface area contributed by atoms with E-state index in [2.05, 4.69) is 16.4 Å². The number of aromatic nitrogens is 1. The van der Waals surface area contributed by atoms with Crippen molar-refractivity contribution >= 4 is 11.8 Å². The van der Waals surface area contributed by atoms with Crippen LogP contribution in [-0.4, -0.2) is 18.2 Å². The van der Waals surface area contributed by atoms with E-state index in [0.29, 0.717) is 11.6 Å². The van der Waals surface area contributed by atoms with Gasteiger partial charge in [-0.25, -0.2) is 9.78 Å². The number of carbonyl (C=O) groups excluding carboxylic acids is 1. The number of ether oxygens (including phenoxy) is 2. The van der Waals surface area contributed by atoms with E-state index in [1.807, 2.05) is 36.4 Å². The smallest absolute Gasteiger partial charge is 0.417 e. The van der Waals surface area contributed by atoms with E-state index in [-0.39, 0.29) is 0 Å². The summed E-state index contributed by atoms with van der Waals surface area (Å²) in [5.74, 6) is 1.04. The second-order valence-electron chi connectivity index (χ2n) is 6.39. The molecule has 1 aliphatic carbocycles. The lowest BCUT2D eigenvalue weighted by Gasteiger charge is -2.16. The molecule has 2 aromatic carbocycles. The van der Waals surface area contributed by atoms with Gasteiger partial charge in [0.1, 0.15) is 5.75 Å².